The van der Waals surface area contributed by atoms with Crippen molar-refractivity contribution in [3.63, 3.8) is 0 Å². The number of imide groups is 1. The van der Waals surface area contributed by atoms with Crippen molar-refractivity contribution in [1.82, 2.24) is 34.7 Å². The van der Waals surface area contributed by atoms with E-state index in [1.165, 1.54) is 11.9 Å². The van der Waals surface area contributed by atoms with Gasteiger partial charge < -0.3 is 9.80 Å². The van der Waals surface area contributed by atoms with Gasteiger partial charge in [-0.25, -0.2) is 9.48 Å². The number of nitrogens with zero attached hydrogens (tertiary/aromatic N) is 8. The number of hydrogen-bond acceptors (Lipinski definition) is 7. The van der Waals surface area contributed by atoms with Gasteiger partial charge in [0, 0.05) is 52.7 Å². The minimum absolute atomic E-state index is 0.134. The summed E-state index contributed by atoms with van der Waals surface area (Å²) in [7, 11) is 3.28. The number of carbonyl (C=O) groups is 2. The molecule has 0 spiro atoms. The van der Waals surface area contributed by atoms with Gasteiger partial charge >= 0.3 is 6.03 Å². The van der Waals surface area contributed by atoms with Crippen molar-refractivity contribution >= 4 is 17.8 Å². The second-order valence-electron chi connectivity index (χ2n) is 6.75. The Bertz CT molecular complexity index is 814. The fraction of sp³-hybridized carbons (Fsp3) is 0.471. The molecule has 0 bridgehead atoms. The molecule has 142 valence electrons. The van der Waals surface area contributed by atoms with Gasteiger partial charge in [-0.05, 0) is 18.2 Å². The molecule has 2 aromatic rings. The predicted molar refractivity (Wildman–Crippen MR) is 97.3 cm³/mol. The van der Waals surface area contributed by atoms with Crippen LogP contribution in [0.1, 0.15) is 6.42 Å². The molecule has 2 aromatic heterocycles. The van der Waals surface area contributed by atoms with Crippen LogP contribution in [0, 0.1) is 0 Å². The molecule has 0 aliphatic carbocycles. The van der Waals surface area contributed by atoms with Gasteiger partial charge in [-0.15, -0.1) is 10.2 Å². The lowest BCUT2D eigenvalue weighted by molar-refractivity contribution is -0.134. The summed E-state index contributed by atoms with van der Waals surface area (Å²) in [5.41, 5.74) is 0. The average Bonchev–Trinajstić information content (AvgIpc) is 3.24. The summed E-state index contributed by atoms with van der Waals surface area (Å²) in [4.78, 5) is 31.4. The first-order valence-corrected chi connectivity index (χ1v) is 8.90. The van der Waals surface area contributed by atoms with Gasteiger partial charge in [0.05, 0.1) is 12.6 Å². The Morgan fingerprint density at radius 1 is 1.00 bits per heavy atom. The van der Waals surface area contributed by atoms with Crippen LogP contribution < -0.4 is 4.90 Å². The van der Waals surface area contributed by atoms with E-state index in [4.69, 9.17) is 0 Å². The van der Waals surface area contributed by atoms with Crippen LogP contribution in [0.25, 0.3) is 5.82 Å². The topological polar surface area (TPSA) is 90.7 Å². The zero-order chi connectivity index (χ0) is 19.0. The van der Waals surface area contributed by atoms with Gasteiger partial charge in [0.2, 0.25) is 5.91 Å². The zero-order valence-corrected chi connectivity index (χ0v) is 15.4. The minimum Gasteiger partial charge on any atom is -0.353 e. The van der Waals surface area contributed by atoms with E-state index >= 15 is 0 Å². The standard InChI is InChI=1S/C17H22N8O2/c1-21-15(12-16(26)22(2)17(21)27)24-10-8-23(9-11-24)13-4-5-14(20-19-13)25-7-3-6-18-25/h3-7,15H,8-12H2,1-2H3. The van der Waals surface area contributed by atoms with Crippen LogP contribution in [0.5, 0.6) is 0 Å². The van der Waals surface area contributed by atoms with Crippen molar-refractivity contribution in [3.05, 3.63) is 30.6 Å². The van der Waals surface area contributed by atoms with E-state index in [1.54, 1.807) is 22.8 Å². The normalized spacial score (nSPS) is 21.9. The summed E-state index contributed by atoms with van der Waals surface area (Å²) >= 11 is 0. The maximum Gasteiger partial charge on any atom is 0.327 e. The highest BCUT2D eigenvalue weighted by Crippen LogP contribution is 2.21. The number of hydrogen-bond donors (Lipinski definition) is 0. The van der Waals surface area contributed by atoms with E-state index in [-0.39, 0.29) is 18.1 Å². The molecule has 1 atom stereocenters. The molecule has 4 heterocycles. The maximum absolute atomic E-state index is 12.2. The second-order valence-corrected chi connectivity index (χ2v) is 6.75. The summed E-state index contributed by atoms with van der Waals surface area (Å²) in [5, 5.41) is 12.7. The molecule has 4 rings (SSSR count). The number of piperazine rings is 1. The number of rotatable bonds is 3. The van der Waals surface area contributed by atoms with Gasteiger partial charge in [0.25, 0.3) is 0 Å². The molecule has 0 saturated carbocycles. The fourth-order valence-electron chi connectivity index (χ4n) is 3.54. The van der Waals surface area contributed by atoms with E-state index in [0.717, 1.165) is 32.0 Å². The number of carbonyl (C=O) groups excluding carboxylic acids is 2. The lowest BCUT2D eigenvalue weighted by atomic mass is 10.1. The molecule has 0 aromatic carbocycles. The minimum atomic E-state index is -0.251. The van der Waals surface area contributed by atoms with Crippen molar-refractivity contribution in [3.8, 4) is 5.82 Å². The van der Waals surface area contributed by atoms with Crippen LogP contribution >= 0.6 is 0 Å². The lowest BCUT2D eigenvalue weighted by Crippen LogP contribution is -2.62. The summed E-state index contributed by atoms with van der Waals surface area (Å²) in [5.74, 6) is 1.35. The van der Waals surface area contributed by atoms with Crippen LogP contribution in [0.3, 0.4) is 0 Å². The van der Waals surface area contributed by atoms with Gasteiger partial charge in [-0.3, -0.25) is 14.6 Å². The average molecular weight is 370 g/mol. The van der Waals surface area contributed by atoms with Crippen LogP contribution in [-0.2, 0) is 4.79 Å². The Labute approximate surface area is 157 Å². The summed E-state index contributed by atoms with van der Waals surface area (Å²) in [6.07, 6.45) is 3.67. The fourth-order valence-corrected chi connectivity index (χ4v) is 3.54. The van der Waals surface area contributed by atoms with Gasteiger partial charge in [0.15, 0.2) is 11.6 Å². The Balaban J connectivity index is 1.39. The number of aromatic nitrogens is 4. The third-order valence-corrected chi connectivity index (χ3v) is 5.20. The van der Waals surface area contributed by atoms with Crippen LogP contribution in [0.4, 0.5) is 10.6 Å². The largest absolute Gasteiger partial charge is 0.353 e. The molecule has 10 nitrogen and oxygen atoms in total. The molecule has 2 fully saturated rings. The highest BCUT2D eigenvalue weighted by atomic mass is 16.2. The first-order valence-electron chi connectivity index (χ1n) is 8.90. The smallest absolute Gasteiger partial charge is 0.327 e. The Morgan fingerprint density at radius 3 is 2.33 bits per heavy atom. The van der Waals surface area contributed by atoms with Crippen LogP contribution in [0.2, 0.25) is 0 Å². The molecule has 2 aliphatic rings. The van der Waals surface area contributed by atoms with Crippen molar-refractivity contribution < 1.29 is 9.59 Å². The highest BCUT2D eigenvalue weighted by Gasteiger charge is 2.38. The maximum atomic E-state index is 12.2. The van der Waals surface area contributed by atoms with Crippen molar-refractivity contribution in [2.24, 2.45) is 0 Å². The van der Waals surface area contributed by atoms with Crippen molar-refractivity contribution in [1.29, 1.82) is 0 Å². The molecule has 0 radical (unpaired) electrons. The summed E-state index contributed by atoms with van der Waals surface area (Å²) in [6.45, 7) is 3.03. The SMILES string of the molecule is CN1C(=O)CC(N2CCN(c3ccc(-n4cccn4)nn3)CC2)N(C)C1=O. The number of amides is 3. The van der Waals surface area contributed by atoms with Crippen molar-refractivity contribution in [2.45, 2.75) is 12.6 Å². The van der Waals surface area contributed by atoms with E-state index in [2.05, 4.69) is 25.1 Å². The molecule has 27 heavy (non-hydrogen) atoms. The van der Waals surface area contributed by atoms with Crippen molar-refractivity contribution in [2.75, 3.05) is 45.2 Å². The lowest BCUT2D eigenvalue weighted by Gasteiger charge is -2.45. The molecular formula is C17H22N8O2. The quantitative estimate of drug-likeness (QED) is 0.752. The van der Waals surface area contributed by atoms with Gasteiger partial charge in [0.1, 0.15) is 0 Å². The predicted octanol–water partition coefficient (Wildman–Crippen LogP) is 0.0243. The van der Waals surface area contributed by atoms with E-state index in [0.29, 0.717) is 12.2 Å². The van der Waals surface area contributed by atoms with Crippen LogP contribution in [-0.4, -0.2) is 93.1 Å². The summed E-state index contributed by atoms with van der Waals surface area (Å²) < 4.78 is 1.67. The zero-order valence-electron chi connectivity index (χ0n) is 15.4. The third kappa shape index (κ3) is 3.23. The molecule has 2 aliphatic heterocycles. The monoisotopic (exact) mass is 370 g/mol. The first-order chi connectivity index (χ1) is 13.0. The molecule has 2 saturated heterocycles. The highest BCUT2D eigenvalue weighted by molar-refractivity contribution is 5.96. The second kappa shape index (κ2) is 6.95. The molecule has 3 amide bonds. The third-order valence-electron chi connectivity index (χ3n) is 5.20. The van der Waals surface area contributed by atoms with Gasteiger partial charge in [-0.2, -0.15) is 5.10 Å². The summed E-state index contributed by atoms with van der Waals surface area (Å²) in [6, 6.07) is 5.42. The van der Waals surface area contributed by atoms with E-state index in [1.807, 2.05) is 24.4 Å². The molecular weight excluding hydrogens is 348 g/mol. The van der Waals surface area contributed by atoms with Gasteiger partial charge in [-0.1, -0.05) is 0 Å². The Hall–Kier alpha value is -3.01. The van der Waals surface area contributed by atoms with E-state index in [9.17, 15) is 9.59 Å². The first kappa shape index (κ1) is 17.4. The Kier molecular flexibility index (Phi) is 4.48. The molecule has 0 N–H and O–H groups in total. The number of urea groups is 1. The molecule has 10 heteroatoms. The Morgan fingerprint density at radius 2 is 1.70 bits per heavy atom. The van der Waals surface area contributed by atoms with E-state index < -0.39 is 0 Å². The van der Waals surface area contributed by atoms with Crippen LogP contribution in [0.15, 0.2) is 30.6 Å². The molecule has 1 unspecified atom stereocenters. The number of anilines is 1.